The van der Waals surface area contributed by atoms with E-state index in [1.807, 2.05) is 4.90 Å². The molecule has 0 radical (unpaired) electrons. The number of hydrogen-bond acceptors (Lipinski definition) is 6. The van der Waals surface area contributed by atoms with E-state index < -0.39 is 17.6 Å². The van der Waals surface area contributed by atoms with E-state index in [0.29, 0.717) is 55.1 Å². The summed E-state index contributed by atoms with van der Waals surface area (Å²) in [5.74, 6) is 0.523. The van der Waals surface area contributed by atoms with Gasteiger partial charge in [-0.05, 0) is 74.7 Å². The Morgan fingerprint density at radius 2 is 1.69 bits per heavy atom. The third-order valence-corrected chi connectivity index (χ3v) is 8.55. The molecule has 3 saturated heterocycles. The Bertz CT molecular complexity index is 1320. The first kappa shape index (κ1) is 30.2. The van der Waals surface area contributed by atoms with Crippen molar-refractivity contribution in [3.05, 3.63) is 77.0 Å². The van der Waals surface area contributed by atoms with Gasteiger partial charge in [-0.15, -0.1) is 0 Å². The third kappa shape index (κ3) is 7.00. The number of hydrogen-bond donors (Lipinski definition) is 1. The summed E-state index contributed by atoms with van der Waals surface area (Å²) < 4.78 is 54.7. The zero-order chi connectivity index (χ0) is 29.9. The molecule has 0 bridgehead atoms. The van der Waals surface area contributed by atoms with Crippen molar-refractivity contribution in [1.29, 1.82) is 0 Å². The van der Waals surface area contributed by atoms with Gasteiger partial charge in [0.15, 0.2) is 0 Å². The maximum Gasteiger partial charge on any atom is 0.419 e. The molecule has 7 nitrogen and oxygen atoms in total. The van der Waals surface area contributed by atoms with Crippen LogP contribution in [0.25, 0.3) is 5.70 Å². The molecule has 12 heteroatoms. The normalized spacial score (nSPS) is 20.0. The molecule has 0 atom stereocenters. The molecule has 3 fully saturated rings. The molecule has 1 aromatic carbocycles. The summed E-state index contributed by atoms with van der Waals surface area (Å²) >= 11 is 5.99. The number of nitrogens with zero attached hydrogens (tertiary/aromatic N) is 6. The van der Waals surface area contributed by atoms with Gasteiger partial charge in [0.1, 0.15) is 23.3 Å². The zero-order valence-electron chi connectivity index (χ0n) is 23.5. The Hall–Kier alpha value is -3.31. The Labute approximate surface area is 248 Å². The Balaban J connectivity index is 1.34. The number of likely N-dealkylation sites (tertiary alicyclic amines) is 2. The van der Waals surface area contributed by atoms with Crippen molar-refractivity contribution in [2.45, 2.75) is 37.9 Å². The van der Waals surface area contributed by atoms with Crippen LogP contribution in [-0.4, -0.2) is 83.9 Å². The topological polar surface area (TPSA) is 64.2 Å². The maximum absolute atomic E-state index is 13.8. The summed E-state index contributed by atoms with van der Waals surface area (Å²) in [7, 11) is 0. The molecule has 0 aliphatic carbocycles. The minimum atomic E-state index is -4.50. The van der Waals surface area contributed by atoms with Crippen molar-refractivity contribution >= 4 is 29.0 Å². The van der Waals surface area contributed by atoms with E-state index >= 15 is 0 Å². The van der Waals surface area contributed by atoms with Gasteiger partial charge < -0.3 is 25.3 Å². The van der Waals surface area contributed by atoms with Crippen LogP contribution in [-0.2, 0) is 6.18 Å². The van der Waals surface area contributed by atoms with Crippen LogP contribution in [0.3, 0.4) is 0 Å². The fraction of sp³-hybridized carbons (Fsp3) is 0.467. The van der Waals surface area contributed by atoms with Crippen LogP contribution in [0.4, 0.5) is 23.4 Å². The number of piperidine rings is 1. The van der Waals surface area contributed by atoms with E-state index in [9.17, 15) is 17.6 Å². The summed E-state index contributed by atoms with van der Waals surface area (Å²) in [4.78, 5) is 17.3. The number of piperazine rings is 1. The molecule has 2 N–H and O–H groups in total. The van der Waals surface area contributed by atoms with Crippen LogP contribution >= 0.6 is 11.6 Å². The van der Waals surface area contributed by atoms with Gasteiger partial charge in [-0.25, -0.2) is 14.4 Å². The predicted octanol–water partition coefficient (Wildman–Crippen LogP) is 5.44. The van der Waals surface area contributed by atoms with Gasteiger partial charge >= 0.3 is 6.18 Å². The summed E-state index contributed by atoms with van der Waals surface area (Å²) in [6.07, 6.45) is 3.18. The first-order valence-corrected chi connectivity index (χ1v) is 14.7. The van der Waals surface area contributed by atoms with Gasteiger partial charge in [0.2, 0.25) is 0 Å². The van der Waals surface area contributed by atoms with Crippen LogP contribution < -0.4 is 10.6 Å². The van der Waals surface area contributed by atoms with Crippen molar-refractivity contribution in [2.24, 2.45) is 10.7 Å². The summed E-state index contributed by atoms with van der Waals surface area (Å²) in [6.45, 7) is 9.68. The number of amidine groups is 1. The van der Waals surface area contributed by atoms with Crippen LogP contribution in [0.15, 0.2) is 60.0 Å². The van der Waals surface area contributed by atoms with Crippen molar-refractivity contribution in [3.8, 4) is 0 Å². The molecule has 0 saturated carbocycles. The number of anilines is 1. The van der Waals surface area contributed by atoms with Crippen LogP contribution in [0.5, 0.6) is 0 Å². The second kappa shape index (κ2) is 12.9. The van der Waals surface area contributed by atoms with Crippen LogP contribution in [0.1, 0.15) is 36.8 Å². The Morgan fingerprint density at radius 1 is 1.00 bits per heavy atom. The molecule has 0 unspecified atom stereocenters. The Kier molecular flexibility index (Phi) is 9.27. The van der Waals surface area contributed by atoms with Gasteiger partial charge in [-0.3, -0.25) is 0 Å². The molecule has 42 heavy (non-hydrogen) atoms. The number of aliphatic imine (C=N–C) groups is 1. The largest absolute Gasteiger partial charge is 0.419 e. The minimum Gasteiger partial charge on any atom is -0.398 e. The molecule has 4 heterocycles. The lowest BCUT2D eigenvalue weighted by Crippen LogP contribution is -2.49. The van der Waals surface area contributed by atoms with E-state index in [0.717, 1.165) is 32.0 Å². The van der Waals surface area contributed by atoms with Crippen LogP contribution in [0, 0.1) is 5.82 Å². The summed E-state index contributed by atoms with van der Waals surface area (Å²) in [5.41, 5.74) is 6.54. The number of benzene rings is 1. The standard InChI is InChI=1S/C30H36ClF4N7/c1-21(39-13-8-23(9-14-39)40-11-2-3-12-40)38-28(20-27(36)22-6-7-26(32)25(31)19-22)41-15-17-42(18-16-41)29-24(30(33,34)35)5-4-10-37-29/h4-7,10,19-20,23H,1-3,8-9,11-18,36H2/b27-20-,38-28+. The monoisotopic (exact) mass is 605 g/mol. The maximum atomic E-state index is 13.8. The lowest BCUT2D eigenvalue weighted by atomic mass is 10.0. The second-order valence-electron chi connectivity index (χ2n) is 10.9. The van der Waals surface area contributed by atoms with E-state index in [4.69, 9.17) is 22.3 Å². The Morgan fingerprint density at radius 3 is 2.33 bits per heavy atom. The van der Waals surface area contributed by atoms with Gasteiger partial charge in [0.05, 0.1) is 10.6 Å². The number of pyridine rings is 1. The van der Waals surface area contributed by atoms with Gasteiger partial charge in [-0.1, -0.05) is 18.2 Å². The molecule has 0 spiro atoms. The fourth-order valence-corrected chi connectivity index (χ4v) is 6.09. The van der Waals surface area contributed by atoms with Gasteiger partial charge in [0.25, 0.3) is 0 Å². The first-order chi connectivity index (χ1) is 20.1. The average molecular weight is 606 g/mol. The average Bonchev–Trinajstić information content (AvgIpc) is 3.53. The fourth-order valence-electron chi connectivity index (χ4n) is 5.91. The highest BCUT2D eigenvalue weighted by Gasteiger charge is 2.36. The lowest BCUT2D eigenvalue weighted by Gasteiger charge is -2.39. The molecule has 3 aliphatic heterocycles. The van der Waals surface area contributed by atoms with E-state index in [1.165, 1.54) is 50.3 Å². The first-order valence-electron chi connectivity index (χ1n) is 14.3. The number of aromatic nitrogens is 1. The highest BCUT2D eigenvalue weighted by Crippen LogP contribution is 2.35. The molecule has 3 aliphatic rings. The van der Waals surface area contributed by atoms with E-state index in [-0.39, 0.29) is 10.8 Å². The smallest absolute Gasteiger partial charge is 0.398 e. The zero-order valence-corrected chi connectivity index (χ0v) is 24.2. The summed E-state index contributed by atoms with van der Waals surface area (Å²) in [6, 6.07) is 7.18. The third-order valence-electron chi connectivity index (χ3n) is 8.26. The number of alkyl halides is 3. The highest BCUT2D eigenvalue weighted by molar-refractivity contribution is 6.30. The molecular formula is C30H36ClF4N7. The lowest BCUT2D eigenvalue weighted by molar-refractivity contribution is -0.137. The number of nitrogens with two attached hydrogens (primary N) is 1. The van der Waals surface area contributed by atoms with Crippen LogP contribution in [0.2, 0.25) is 5.02 Å². The van der Waals surface area contributed by atoms with E-state index in [2.05, 4.69) is 21.4 Å². The number of halogens is 5. The molecular weight excluding hydrogens is 570 g/mol. The van der Waals surface area contributed by atoms with E-state index in [1.54, 1.807) is 17.0 Å². The molecule has 0 amide bonds. The predicted molar refractivity (Wildman–Crippen MR) is 159 cm³/mol. The highest BCUT2D eigenvalue weighted by atomic mass is 35.5. The molecule has 226 valence electrons. The minimum absolute atomic E-state index is 0.0444. The second-order valence-corrected chi connectivity index (χ2v) is 11.3. The van der Waals surface area contributed by atoms with Gasteiger partial charge in [0, 0.05) is 63.3 Å². The van der Waals surface area contributed by atoms with Crippen molar-refractivity contribution in [1.82, 2.24) is 19.7 Å². The van der Waals surface area contributed by atoms with Crippen molar-refractivity contribution < 1.29 is 17.6 Å². The quantitative estimate of drug-likeness (QED) is 0.269. The van der Waals surface area contributed by atoms with Gasteiger partial charge in [-0.2, -0.15) is 13.2 Å². The van der Waals surface area contributed by atoms with Crippen molar-refractivity contribution in [2.75, 3.05) is 57.3 Å². The van der Waals surface area contributed by atoms with Crippen molar-refractivity contribution in [3.63, 3.8) is 0 Å². The molecule has 5 rings (SSSR count). The molecule has 1 aromatic heterocycles. The SMILES string of the molecule is C=C(/N=C(\C=C(/N)c1ccc(F)c(Cl)c1)N1CCN(c2ncccc2C(F)(F)F)CC1)N1CCC(N2CCCC2)CC1. The molecule has 2 aromatic rings. The summed E-state index contributed by atoms with van der Waals surface area (Å²) in [5, 5.41) is -0.0444. The number of rotatable bonds is 6.